The Bertz CT molecular complexity index is 470. The minimum Gasteiger partial charge on any atom is -0.497 e. The zero-order valence-corrected chi connectivity index (χ0v) is 12.2. The van der Waals surface area contributed by atoms with Crippen LogP contribution in [0.4, 0.5) is 0 Å². The molecule has 1 aromatic rings. The zero-order valence-electron chi connectivity index (χ0n) is 12.2. The number of hydrogen-bond acceptors (Lipinski definition) is 3. The van der Waals surface area contributed by atoms with Gasteiger partial charge in [-0.1, -0.05) is 6.42 Å². The molecule has 5 nitrogen and oxygen atoms in total. The van der Waals surface area contributed by atoms with Crippen molar-refractivity contribution in [2.24, 2.45) is 16.6 Å². The molecule has 1 fully saturated rings. The number of nitrogens with one attached hydrogen (secondary N) is 1. The number of nitrogens with two attached hydrogens (primary N) is 1. The molecule has 0 atom stereocenters. The van der Waals surface area contributed by atoms with Crippen LogP contribution in [0.2, 0.25) is 0 Å². The molecule has 0 aliphatic heterocycles. The van der Waals surface area contributed by atoms with E-state index in [-0.39, 0.29) is 0 Å². The van der Waals surface area contributed by atoms with Crippen LogP contribution in [0.5, 0.6) is 11.5 Å². The number of benzene rings is 1. The topological polar surface area (TPSA) is 68.9 Å². The lowest BCUT2D eigenvalue weighted by molar-refractivity contribution is 0.315. The van der Waals surface area contributed by atoms with Gasteiger partial charge in [0.15, 0.2) is 5.96 Å². The van der Waals surface area contributed by atoms with Gasteiger partial charge in [-0.2, -0.15) is 0 Å². The molecule has 1 aliphatic carbocycles. The van der Waals surface area contributed by atoms with Crippen LogP contribution in [0.25, 0.3) is 0 Å². The summed E-state index contributed by atoms with van der Waals surface area (Å²) in [5, 5.41) is 3.18. The fourth-order valence-electron chi connectivity index (χ4n) is 2.15. The Morgan fingerprint density at radius 1 is 1.35 bits per heavy atom. The molecule has 0 aromatic heterocycles. The number of aliphatic imine (C=N–C) groups is 1. The van der Waals surface area contributed by atoms with Crippen molar-refractivity contribution < 1.29 is 9.47 Å². The molecule has 0 amide bonds. The van der Waals surface area contributed by atoms with Crippen LogP contribution in [0.1, 0.15) is 24.8 Å². The molecule has 3 N–H and O–H groups in total. The third-order valence-electron chi connectivity index (χ3n) is 3.71. The van der Waals surface area contributed by atoms with E-state index in [1.54, 1.807) is 14.2 Å². The van der Waals surface area contributed by atoms with Crippen LogP contribution in [0.15, 0.2) is 23.2 Å². The second kappa shape index (κ2) is 7.03. The normalized spacial score (nSPS) is 15.6. The maximum atomic E-state index is 5.87. The van der Waals surface area contributed by atoms with Gasteiger partial charge in [0.05, 0.1) is 20.8 Å². The number of nitrogens with zero attached hydrogens (tertiary/aromatic N) is 1. The van der Waals surface area contributed by atoms with E-state index in [0.717, 1.165) is 29.5 Å². The Kier molecular flexibility index (Phi) is 5.09. The van der Waals surface area contributed by atoms with Crippen LogP contribution >= 0.6 is 0 Å². The van der Waals surface area contributed by atoms with Crippen LogP contribution in [-0.4, -0.2) is 26.7 Å². The van der Waals surface area contributed by atoms with Crippen molar-refractivity contribution in [3.63, 3.8) is 0 Å². The number of hydrogen-bond donors (Lipinski definition) is 2. The second-order valence-corrected chi connectivity index (χ2v) is 5.06. The third kappa shape index (κ3) is 3.79. The summed E-state index contributed by atoms with van der Waals surface area (Å²) in [7, 11) is 3.27. The average Bonchev–Trinajstić information content (AvgIpc) is 2.43. The first-order chi connectivity index (χ1) is 9.72. The van der Waals surface area contributed by atoms with Crippen molar-refractivity contribution in [3.05, 3.63) is 23.8 Å². The summed E-state index contributed by atoms with van der Waals surface area (Å²) in [6.45, 7) is 1.42. The molecule has 0 radical (unpaired) electrons. The van der Waals surface area contributed by atoms with Gasteiger partial charge in [-0.3, -0.25) is 0 Å². The lowest BCUT2D eigenvalue weighted by Crippen LogP contribution is -2.37. The molecule has 0 heterocycles. The number of rotatable bonds is 6. The molecule has 1 aliphatic rings. The maximum Gasteiger partial charge on any atom is 0.188 e. The third-order valence-corrected chi connectivity index (χ3v) is 3.71. The predicted molar refractivity (Wildman–Crippen MR) is 80.2 cm³/mol. The first-order valence-electron chi connectivity index (χ1n) is 6.97. The van der Waals surface area contributed by atoms with Crippen molar-refractivity contribution in [2.75, 3.05) is 20.8 Å². The lowest BCUT2D eigenvalue weighted by Gasteiger charge is -2.25. The van der Waals surface area contributed by atoms with E-state index in [1.165, 1.54) is 19.3 Å². The summed E-state index contributed by atoms with van der Waals surface area (Å²) in [6, 6.07) is 5.69. The van der Waals surface area contributed by atoms with Crippen LogP contribution in [-0.2, 0) is 6.54 Å². The van der Waals surface area contributed by atoms with Gasteiger partial charge < -0.3 is 20.5 Å². The van der Waals surface area contributed by atoms with Gasteiger partial charge in [0, 0.05) is 18.2 Å². The SMILES string of the molecule is COc1ccc(CN=C(N)NCC2CCC2)c(OC)c1. The van der Waals surface area contributed by atoms with Gasteiger partial charge in [0.2, 0.25) is 0 Å². The Balaban J connectivity index is 1.90. The molecule has 20 heavy (non-hydrogen) atoms. The van der Waals surface area contributed by atoms with Crippen molar-refractivity contribution in [1.29, 1.82) is 0 Å². The molecule has 1 aromatic carbocycles. The number of ether oxygens (including phenoxy) is 2. The Morgan fingerprint density at radius 2 is 2.15 bits per heavy atom. The average molecular weight is 277 g/mol. The molecule has 0 unspecified atom stereocenters. The highest BCUT2D eigenvalue weighted by molar-refractivity contribution is 5.77. The highest BCUT2D eigenvalue weighted by Gasteiger charge is 2.16. The van der Waals surface area contributed by atoms with Crippen molar-refractivity contribution >= 4 is 5.96 Å². The van der Waals surface area contributed by atoms with Gasteiger partial charge in [-0.25, -0.2) is 4.99 Å². The van der Waals surface area contributed by atoms with Crippen molar-refractivity contribution in [1.82, 2.24) is 5.32 Å². The van der Waals surface area contributed by atoms with E-state index in [1.807, 2.05) is 18.2 Å². The quantitative estimate of drug-likeness (QED) is 0.615. The standard InChI is InChI=1S/C15H23N3O2/c1-19-13-7-6-12(14(8-13)20-2)10-18-15(16)17-9-11-4-3-5-11/h6-8,11H,3-5,9-10H2,1-2H3,(H3,16,17,18). The van der Waals surface area contributed by atoms with Gasteiger partial charge in [0.1, 0.15) is 11.5 Å². The molecule has 5 heteroatoms. The van der Waals surface area contributed by atoms with Gasteiger partial charge in [-0.15, -0.1) is 0 Å². The summed E-state index contributed by atoms with van der Waals surface area (Å²) in [4.78, 5) is 4.35. The highest BCUT2D eigenvalue weighted by atomic mass is 16.5. The van der Waals surface area contributed by atoms with E-state index < -0.39 is 0 Å². The summed E-state index contributed by atoms with van der Waals surface area (Å²) in [5.41, 5.74) is 6.86. The van der Waals surface area contributed by atoms with E-state index in [4.69, 9.17) is 15.2 Å². The molecule has 0 spiro atoms. The monoisotopic (exact) mass is 277 g/mol. The first kappa shape index (κ1) is 14.5. The van der Waals surface area contributed by atoms with Crippen molar-refractivity contribution in [2.45, 2.75) is 25.8 Å². The maximum absolute atomic E-state index is 5.87. The Labute approximate surface area is 120 Å². The molecule has 0 bridgehead atoms. The van der Waals surface area contributed by atoms with Gasteiger partial charge in [0.25, 0.3) is 0 Å². The predicted octanol–water partition coefficient (Wildman–Crippen LogP) is 1.91. The molecular weight excluding hydrogens is 254 g/mol. The summed E-state index contributed by atoms with van der Waals surface area (Å²) < 4.78 is 10.5. The summed E-state index contributed by atoms with van der Waals surface area (Å²) in [6.07, 6.45) is 3.94. The fourth-order valence-corrected chi connectivity index (χ4v) is 2.15. The van der Waals surface area contributed by atoms with Gasteiger partial charge >= 0.3 is 0 Å². The smallest absolute Gasteiger partial charge is 0.188 e. The highest BCUT2D eigenvalue weighted by Crippen LogP contribution is 2.26. The molecule has 0 saturated heterocycles. The minimum atomic E-state index is 0.495. The van der Waals surface area contributed by atoms with Crippen LogP contribution in [0.3, 0.4) is 0 Å². The lowest BCUT2D eigenvalue weighted by atomic mass is 9.85. The first-order valence-corrected chi connectivity index (χ1v) is 6.97. The Morgan fingerprint density at radius 3 is 2.75 bits per heavy atom. The number of methoxy groups -OCH3 is 2. The molecular formula is C15H23N3O2. The summed E-state index contributed by atoms with van der Waals surface area (Å²) in [5.74, 6) is 2.79. The van der Waals surface area contributed by atoms with E-state index in [0.29, 0.717) is 12.5 Å². The van der Waals surface area contributed by atoms with E-state index in [9.17, 15) is 0 Å². The number of guanidine groups is 1. The summed E-state index contributed by atoms with van der Waals surface area (Å²) >= 11 is 0. The molecule has 1 saturated carbocycles. The molecule has 2 rings (SSSR count). The fraction of sp³-hybridized carbons (Fsp3) is 0.533. The zero-order chi connectivity index (χ0) is 14.4. The minimum absolute atomic E-state index is 0.495. The Hall–Kier alpha value is -1.91. The van der Waals surface area contributed by atoms with E-state index >= 15 is 0 Å². The van der Waals surface area contributed by atoms with Crippen LogP contribution in [0, 0.1) is 5.92 Å². The van der Waals surface area contributed by atoms with Gasteiger partial charge in [-0.05, 0) is 30.9 Å². The second-order valence-electron chi connectivity index (χ2n) is 5.06. The van der Waals surface area contributed by atoms with E-state index in [2.05, 4.69) is 10.3 Å². The molecule has 110 valence electrons. The van der Waals surface area contributed by atoms with Crippen molar-refractivity contribution in [3.8, 4) is 11.5 Å². The van der Waals surface area contributed by atoms with Crippen LogP contribution < -0.4 is 20.5 Å². The largest absolute Gasteiger partial charge is 0.497 e.